The molecule has 6 nitrogen and oxygen atoms in total. The van der Waals surface area contributed by atoms with Gasteiger partial charge < -0.3 is 19.3 Å². The second kappa shape index (κ2) is 9.57. The van der Waals surface area contributed by atoms with E-state index in [1.54, 1.807) is 0 Å². The first-order chi connectivity index (χ1) is 16.5. The molecule has 178 valence electrons. The third-order valence-electron chi connectivity index (χ3n) is 6.74. The van der Waals surface area contributed by atoms with Gasteiger partial charge in [-0.2, -0.15) is 0 Å². The lowest BCUT2D eigenvalue weighted by Gasteiger charge is -2.31. The van der Waals surface area contributed by atoms with E-state index in [1.807, 2.05) is 6.07 Å². The van der Waals surface area contributed by atoms with Crippen LogP contribution in [0.25, 0.3) is 0 Å². The van der Waals surface area contributed by atoms with E-state index in [9.17, 15) is 0 Å². The molecule has 0 spiro atoms. The molecule has 3 aromatic carbocycles. The lowest BCUT2D eigenvalue weighted by molar-refractivity contribution is 0.125. The molecule has 3 aromatic rings. The molecule has 0 bridgehead atoms. The highest BCUT2D eigenvalue weighted by Crippen LogP contribution is 2.39. The molecule has 0 N–H and O–H groups in total. The van der Waals surface area contributed by atoms with Crippen molar-refractivity contribution in [1.29, 1.82) is 0 Å². The standard InChI is InChI=1S/C28H34N4O2/c1-29(2)24-10-5-21(6-11-24)18-31-15-16-32(19-22-7-12-25(13-8-22)30(3)4)28(31)23-9-14-26-27(17-23)34-20-33-26/h5-14,17,28H,15-16,18-20H2,1-4H3. The van der Waals surface area contributed by atoms with Crippen molar-refractivity contribution in [1.82, 2.24) is 9.80 Å². The molecule has 0 aliphatic carbocycles. The largest absolute Gasteiger partial charge is 0.454 e. The lowest BCUT2D eigenvalue weighted by Crippen LogP contribution is -2.30. The minimum Gasteiger partial charge on any atom is -0.454 e. The maximum absolute atomic E-state index is 5.71. The van der Waals surface area contributed by atoms with Gasteiger partial charge in [0.15, 0.2) is 11.5 Å². The number of benzene rings is 3. The highest BCUT2D eigenvalue weighted by molar-refractivity contribution is 5.48. The van der Waals surface area contributed by atoms with Crippen LogP contribution in [-0.4, -0.2) is 57.9 Å². The number of fused-ring (bicyclic) bond motifs is 1. The maximum atomic E-state index is 5.71. The summed E-state index contributed by atoms with van der Waals surface area (Å²) in [5, 5.41) is 0. The molecule has 0 aromatic heterocycles. The summed E-state index contributed by atoms with van der Waals surface area (Å²) in [5.41, 5.74) is 6.35. The molecule has 0 radical (unpaired) electrons. The maximum Gasteiger partial charge on any atom is 0.231 e. The number of anilines is 2. The average molecular weight is 459 g/mol. The number of hydrogen-bond donors (Lipinski definition) is 0. The molecular weight excluding hydrogens is 424 g/mol. The predicted molar refractivity (Wildman–Crippen MR) is 138 cm³/mol. The van der Waals surface area contributed by atoms with Crippen LogP contribution in [0.2, 0.25) is 0 Å². The van der Waals surface area contributed by atoms with E-state index in [0.29, 0.717) is 6.79 Å². The fourth-order valence-corrected chi connectivity index (χ4v) is 4.83. The molecule has 6 heteroatoms. The van der Waals surface area contributed by atoms with Gasteiger partial charge in [-0.3, -0.25) is 9.80 Å². The minimum atomic E-state index is 0.177. The molecule has 5 rings (SSSR count). The van der Waals surface area contributed by atoms with Gasteiger partial charge in [0.2, 0.25) is 6.79 Å². The molecule has 2 heterocycles. The van der Waals surface area contributed by atoms with Gasteiger partial charge in [-0.15, -0.1) is 0 Å². The monoisotopic (exact) mass is 458 g/mol. The summed E-state index contributed by atoms with van der Waals surface area (Å²) >= 11 is 0. The van der Waals surface area contributed by atoms with Crippen LogP contribution in [0.3, 0.4) is 0 Å². The molecule has 2 aliphatic rings. The minimum absolute atomic E-state index is 0.177. The van der Waals surface area contributed by atoms with Crippen molar-refractivity contribution in [2.45, 2.75) is 19.3 Å². The Kier molecular flexibility index (Phi) is 6.35. The molecule has 34 heavy (non-hydrogen) atoms. The molecule has 0 amide bonds. The topological polar surface area (TPSA) is 31.4 Å². The molecule has 0 atom stereocenters. The van der Waals surface area contributed by atoms with E-state index in [0.717, 1.165) is 37.7 Å². The second-order valence-electron chi connectivity index (χ2n) is 9.55. The summed E-state index contributed by atoms with van der Waals surface area (Å²) in [7, 11) is 8.31. The van der Waals surface area contributed by atoms with Crippen LogP contribution in [0.15, 0.2) is 66.7 Å². The van der Waals surface area contributed by atoms with Crippen LogP contribution < -0.4 is 19.3 Å². The third-order valence-corrected chi connectivity index (χ3v) is 6.74. The van der Waals surface area contributed by atoms with Crippen molar-refractivity contribution >= 4 is 11.4 Å². The lowest BCUT2D eigenvalue weighted by atomic mass is 10.1. The van der Waals surface area contributed by atoms with Crippen LogP contribution in [0.4, 0.5) is 11.4 Å². The van der Waals surface area contributed by atoms with Crippen LogP contribution in [0.5, 0.6) is 11.5 Å². The SMILES string of the molecule is CN(C)c1ccc(CN2CCN(Cc3ccc(N(C)C)cc3)C2c2ccc3c(c2)OCO3)cc1. The predicted octanol–water partition coefficient (Wildman–Crippen LogP) is 4.56. The van der Waals surface area contributed by atoms with E-state index < -0.39 is 0 Å². The first-order valence-corrected chi connectivity index (χ1v) is 11.9. The van der Waals surface area contributed by atoms with E-state index >= 15 is 0 Å². The molecule has 1 fully saturated rings. The zero-order chi connectivity index (χ0) is 23.7. The normalized spacial score (nSPS) is 16.2. The van der Waals surface area contributed by atoms with Crippen LogP contribution in [-0.2, 0) is 13.1 Å². The van der Waals surface area contributed by atoms with Gasteiger partial charge in [-0.05, 0) is 53.1 Å². The first-order valence-electron chi connectivity index (χ1n) is 11.9. The summed E-state index contributed by atoms with van der Waals surface area (Å²) in [5.74, 6) is 1.67. The molecular formula is C28H34N4O2. The van der Waals surface area contributed by atoms with E-state index in [4.69, 9.17) is 9.47 Å². The molecule has 2 aliphatic heterocycles. The smallest absolute Gasteiger partial charge is 0.231 e. The highest BCUT2D eigenvalue weighted by atomic mass is 16.7. The average Bonchev–Trinajstić information content (AvgIpc) is 3.46. The van der Waals surface area contributed by atoms with Crippen LogP contribution in [0.1, 0.15) is 22.9 Å². The summed E-state index contributed by atoms with van der Waals surface area (Å²) in [6, 6.07) is 24.2. The Hall–Kier alpha value is -3.22. The quantitative estimate of drug-likeness (QED) is 0.516. The van der Waals surface area contributed by atoms with Crippen molar-refractivity contribution in [2.75, 3.05) is 57.9 Å². The third kappa shape index (κ3) is 4.69. The summed E-state index contributed by atoms with van der Waals surface area (Å²) in [6.45, 7) is 4.15. The van der Waals surface area contributed by atoms with Gasteiger partial charge in [-0.25, -0.2) is 0 Å². The Morgan fingerprint density at radius 1 is 0.676 bits per heavy atom. The Morgan fingerprint density at radius 2 is 1.18 bits per heavy atom. The van der Waals surface area contributed by atoms with Crippen molar-refractivity contribution in [2.24, 2.45) is 0 Å². The van der Waals surface area contributed by atoms with Gasteiger partial charge >= 0.3 is 0 Å². The Labute approximate surface area is 202 Å². The fourth-order valence-electron chi connectivity index (χ4n) is 4.83. The molecule has 1 saturated heterocycles. The van der Waals surface area contributed by atoms with Crippen LogP contribution >= 0.6 is 0 Å². The first kappa shape index (κ1) is 22.6. The van der Waals surface area contributed by atoms with Gasteiger partial charge in [0.05, 0.1) is 6.17 Å². The van der Waals surface area contributed by atoms with Crippen LogP contribution in [0, 0.1) is 0 Å². The van der Waals surface area contributed by atoms with E-state index in [2.05, 4.69) is 108 Å². The summed E-state index contributed by atoms with van der Waals surface area (Å²) in [4.78, 5) is 9.41. The summed E-state index contributed by atoms with van der Waals surface area (Å²) in [6.07, 6.45) is 0.177. The summed E-state index contributed by atoms with van der Waals surface area (Å²) < 4.78 is 11.3. The number of nitrogens with zero attached hydrogens (tertiary/aromatic N) is 4. The van der Waals surface area contributed by atoms with Crippen molar-refractivity contribution in [3.63, 3.8) is 0 Å². The van der Waals surface area contributed by atoms with Gasteiger partial charge in [0, 0.05) is 65.7 Å². The number of hydrogen-bond acceptors (Lipinski definition) is 6. The highest BCUT2D eigenvalue weighted by Gasteiger charge is 2.34. The second-order valence-corrected chi connectivity index (χ2v) is 9.55. The molecule has 0 saturated carbocycles. The van der Waals surface area contributed by atoms with Crippen molar-refractivity contribution in [3.05, 3.63) is 83.4 Å². The Balaban J connectivity index is 1.40. The fraction of sp³-hybridized carbons (Fsp3) is 0.357. The van der Waals surface area contributed by atoms with E-state index in [1.165, 1.54) is 28.1 Å². The Morgan fingerprint density at radius 3 is 1.68 bits per heavy atom. The van der Waals surface area contributed by atoms with Crippen molar-refractivity contribution < 1.29 is 9.47 Å². The number of rotatable bonds is 7. The zero-order valence-corrected chi connectivity index (χ0v) is 20.6. The number of ether oxygens (including phenoxy) is 2. The zero-order valence-electron chi connectivity index (χ0n) is 20.6. The van der Waals surface area contributed by atoms with Gasteiger partial charge in [-0.1, -0.05) is 30.3 Å². The molecule has 0 unspecified atom stereocenters. The van der Waals surface area contributed by atoms with Gasteiger partial charge in [0.25, 0.3) is 0 Å². The van der Waals surface area contributed by atoms with E-state index in [-0.39, 0.29) is 6.17 Å². The van der Waals surface area contributed by atoms with Gasteiger partial charge in [0.1, 0.15) is 0 Å². The van der Waals surface area contributed by atoms with Crippen molar-refractivity contribution in [3.8, 4) is 11.5 Å². The Bertz CT molecular complexity index is 1050.